The number of hydrogen-bond donors (Lipinski definition) is 0. The van der Waals surface area contributed by atoms with Crippen molar-refractivity contribution in [3.05, 3.63) is 0 Å². The number of ether oxygens (including phenoxy) is 2. The lowest BCUT2D eigenvalue weighted by Gasteiger charge is -2.22. The Morgan fingerprint density at radius 1 is 0.783 bits per heavy atom. The summed E-state index contributed by atoms with van der Waals surface area (Å²) in [7, 11) is 0. The summed E-state index contributed by atoms with van der Waals surface area (Å²) < 4.78 is 47.0. The van der Waals surface area contributed by atoms with Crippen LogP contribution < -0.4 is 0 Å². The Hall–Kier alpha value is -0.290. The molecule has 1 saturated heterocycles. The van der Waals surface area contributed by atoms with E-state index in [-0.39, 0.29) is 12.7 Å². The van der Waals surface area contributed by atoms with Crippen LogP contribution in [-0.4, -0.2) is 25.7 Å². The molecule has 1 aliphatic heterocycles. The van der Waals surface area contributed by atoms with Gasteiger partial charge in [0, 0.05) is 19.6 Å². The summed E-state index contributed by atoms with van der Waals surface area (Å²) >= 11 is 0. The molecule has 0 radical (unpaired) electrons. The Morgan fingerprint density at radius 2 is 1.35 bits per heavy atom. The van der Waals surface area contributed by atoms with Gasteiger partial charge in [-0.05, 0) is 32.1 Å². The van der Waals surface area contributed by atoms with E-state index < -0.39 is 12.6 Å². The number of alkyl halides is 3. The second-order valence-electron chi connectivity index (χ2n) is 6.57. The minimum atomic E-state index is -3.98. The maximum Gasteiger partial charge on any atom is 0.389 e. The van der Waals surface area contributed by atoms with Crippen LogP contribution in [0, 0.1) is 0 Å². The molecule has 5 heteroatoms. The van der Waals surface area contributed by atoms with Crippen LogP contribution in [0.4, 0.5) is 13.2 Å². The molecular formula is C18H33F3O2. The largest absolute Gasteiger partial charge is 0.389 e. The van der Waals surface area contributed by atoms with E-state index in [1.165, 1.54) is 32.1 Å². The molecule has 0 saturated carbocycles. The van der Waals surface area contributed by atoms with E-state index in [4.69, 9.17) is 9.47 Å². The first-order valence-electron chi connectivity index (χ1n) is 9.38. The highest BCUT2D eigenvalue weighted by atomic mass is 19.4. The molecule has 138 valence electrons. The van der Waals surface area contributed by atoms with Crippen LogP contribution in [0.15, 0.2) is 0 Å². The van der Waals surface area contributed by atoms with E-state index in [9.17, 15) is 13.2 Å². The van der Waals surface area contributed by atoms with Crippen LogP contribution in [0.3, 0.4) is 0 Å². The van der Waals surface area contributed by atoms with Crippen molar-refractivity contribution in [3.63, 3.8) is 0 Å². The highest BCUT2D eigenvalue weighted by Crippen LogP contribution is 2.23. The number of hydrogen-bond acceptors (Lipinski definition) is 2. The minimum absolute atomic E-state index is 0.0288. The molecule has 1 unspecified atom stereocenters. The fourth-order valence-corrected chi connectivity index (χ4v) is 2.90. The maximum atomic E-state index is 11.9. The zero-order valence-electron chi connectivity index (χ0n) is 14.3. The van der Waals surface area contributed by atoms with Gasteiger partial charge in [-0.15, -0.1) is 0 Å². The van der Waals surface area contributed by atoms with E-state index in [1.54, 1.807) is 0 Å². The molecule has 1 atom stereocenters. The van der Waals surface area contributed by atoms with Crippen molar-refractivity contribution in [3.8, 4) is 0 Å². The van der Waals surface area contributed by atoms with Crippen molar-refractivity contribution in [2.75, 3.05) is 13.2 Å². The molecule has 0 N–H and O–H groups in total. The maximum absolute atomic E-state index is 11.9. The van der Waals surface area contributed by atoms with Gasteiger partial charge >= 0.3 is 6.18 Å². The van der Waals surface area contributed by atoms with Crippen molar-refractivity contribution < 1.29 is 22.6 Å². The predicted molar refractivity (Wildman–Crippen MR) is 86.4 cm³/mol. The van der Waals surface area contributed by atoms with Crippen LogP contribution in [0.2, 0.25) is 0 Å². The van der Waals surface area contributed by atoms with Gasteiger partial charge in [-0.3, -0.25) is 0 Å². The van der Waals surface area contributed by atoms with Gasteiger partial charge in [-0.25, -0.2) is 0 Å². The van der Waals surface area contributed by atoms with Crippen LogP contribution in [0.25, 0.3) is 0 Å². The van der Waals surface area contributed by atoms with Crippen molar-refractivity contribution in [1.29, 1.82) is 0 Å². The predicted octanol–water partition coefficient (Wildman–Crippen LogP) is 6.38. The fourth-order valence-electron chi connectivity index (χ4n) is 2.90. The quantitative estimate of drug-likeness (QED) is 0.363. The molecule has 1 rings (SSSR count). The Morgan fingerprint density at radius 3 is 1.87 bits per heavy atom. The van der Waals surface area contributed by atoms with Gasteiger partial charge in [0.25, 0.3) is 0 Å². The average Bonchev–Trinajstić information content (AvgIpc) is 2.52. The summed E-state index contributed by atoms with van der Waals surface area (Å²) in [5, 5.41) is 0. The molecule has 0 aromatic rings. The summed E-state index contributed by atoms with van der Waals surface area (Å²) in [5.74, 6) is 0. The summed E-state index contributed by atoms with van der Waals surface area (Å²) in [6, 6.07) is 0. The van der Waals surface area contributed by atoms with E-state index in [2.05, 4.69) is 0 Å². The van der Waals surface area contributed by atoms with E-state index >= 15 is 0 Å². The first-order valence-corrected chi connectivity index (χ1v) is 9.38. The molecule has 1 fully saturated rings. The molecule has 0 amide bonds. The molecule has 2 nitrogen and oxygen atoms in total. The fraction of sp³-hybridized carbons (Fsp3) is 1.00. The van der Waals surface area contributed by atoms with Gasteiger partial charge in [0.05, 0.1) is 0 Å². The van der Waals surface area contributed by atoms with E-state index in [0.717, 1.165) is 51.7 Å². The highest BCUT2D eigenvalue weighted by molar-refractivity contribution is 4.55. The number of rotatable bonds is 13. The third-order valence-electron chi connectivity index (χ3n) is 4.30. The van der Waals surface area contributed by atoms with Gasteiger partial charge < -0.3 is 9.47 Å². The van der Waals surface area contributed by atoms with Gasteiger partial charge in [0.1, 0.15) is 0 Å². The van der Waals surface area contributed by atoms with Gasteiger partial charge in [0.15, 0.2) is 6.29 Å². The summed E-state index contributed by atoms with van der Waals surface area (Å²) in [6.07, 6.45) is 8.91. The summed E-state index contributed by atoms with van der Waals surface area (Å²) in [6.45, 7) is 1.63. The Labute approximate surface area is 139 Å². The molecule has 0 aromatic heterocycles. The first kappa shape index (κ1) is 20.8. The summed E-state index contributed by atoms with van der Waals surface area (Å²) in [5.41, 5.74) is 0. The first-order chi connectivity index (χ1) is 11.1. The monoisotopic (exact) mass is 338 g/mol. The second kappa shape index (κ2) is 13.1. The van der Waals surface area contributed by atoms with Crippen LogP contribution >= 0.6 is 0 Å². The average molecular weight is 338 g/mol. The summed E-state index contributed by atoms with van der Waals surface area (Å²) in [4.78, 5) is 0. The van der Waals surface area contributed by atoms with Crippen LogP contribution in [-0.2, 0) is 9.47 Å². The van der Waals surface area contributed by atoms with Crippen molar-refractivity contribution >= 4 is 0 Å². The lowest BCUT2D eigenvalue weighted by molar-refractivity contribution is -0.162. The molecule has 0 bridgehead atoms. The van der Waals surface area contributed by atoms with Crippen LogP contribution in [0.5, 0.6) is 0 Å². The third kappa shape index (κ3) is 13.8. The van der Waals surface area contributed by atoms with Gasteiger partial charge in [-0.2, -0.15) is 13.2 Å². The highest BCUT2D eigenvalue weighted by Gasteiger charge is 2.25. The lowest BCUT2D eigenvalue weighted by atomic mass is 10.1. The SMILES string of the molecule is FC(F)(F)CCCCCCCCCCCCOC1CCCCO1. The standard InChI is InChI=1S/C18H33F3O2/c19-18(20,21)14-10-7-5-3-1-2-4-6-8-11-15-22-17-13-9-12-16-23-17/h17H,1-16H2. The lowest BCUT2D eigenvalue weighted by Crippen LogP contribution is -2.22. The third-order valence-corrected chi connectivity index (χ3v) is 4.30. The normalized spacial score (nSPS) is 19.2. The van der Waals surface area contributed by atoms with Gasteiger partial charge in [-0.1, -0.05) is 51.4 Å². The molecule has 0 aromatic carbocycles. The Bertz CT molecular complexity index is 263. The van der Waals surface area contributed by atoms with Crippen LogP contribution in [0.1, 0.15) is 89.9 Å². The van der Waals surface area contributed by atoms with Crippen molar-refractivity contribution in [1.82, 2.24) is 0 Å². The van der Waals surface area contributed by atoms with Crippen molar-refractivity contribution in [2.45, 2.75) is 102 Å². The van der Waals surface area contributed by atoms with E-state index in [1.807, 2.05) is 0 Å². The smallest absolute Gasteiger partial charge is 0.353 e. The number of halogens is 3. The molecule has 0 aliphatic carbocycles. The zero-order chi connectivity index (χ0) is 16.8. The van der Waals surface area contributed by atoms with E-state index in [0.29, 0.717) is 6.42 Å². The van der Waals surface area contributed by atoms with Crippen molar-refractivity contribution in [2.24, 2.45) is 0 Å². The molecule has 0 spiro atoms. The Kier molecular flexibility index (Phi) is 11.8. The zero-order valence-corrected chi connectivity index (χ0v) is 14.3. The molecule has 1 aliphatic rings. The Balaban J connectivity index is 1.71. The molecule has 23 heavy (non-hydrogen) atoms. The molecule has 1 heterocycles. The second-order valence-corrected chi connectivity index (χ2v) is 6.57. The molecular weight excluding hydrogens is 305 g/mol. The number of unbranched alkanes of at least 4 members (excludes halogenated alkanes) is 9. The van der Waals surface area contributed by atoms with Gasteiger partial charge in [0.2, 0.25) is 0 Å². The topological polar surface area (TPSA) is 18.5 Å². The minimum Gasteiger partial charge on any atom is -0.353 e.